The van der Waals surface area contributed by atoms with Crippen LogP contribution in [0.2, 0.25) is 0 Å². The molecule has 1 aliphatic heterocycles. The Bertz CT molecular complexity index is 326. The lowest BCUT2D eigenvalue weighted by atomic mass is 10.3. The summed E-state index contributed by atoms with van der Waals surface area (Å²) in [7, 11) is 0. The van der Waals surface area contributed by atoms with Crippen molar-refractivity contribution in [1.29, 1.82) is 0 Å². The summed E-state index contributed by atoms with van der Waals surface area (Å²) in [4.78, 5) is 35.1. The maximum atomic E-state index is 11.6. The van der Waals surface area contributed by atoms with Gasteiger partial charge in [-0.2, -0.15) is 0 Å². The largest absolute Gasteiger partial charge is 0.480 e. The number of carboxylic acid groups (broad SMARTS) is 1. The number of hydrogen-bond donors (Lipinski definition) is 3. The van der Waals surface area contributed by atoms with Crippen LogP contribution in [0.1, 0.15) is 26.2 Å². The van der Waals surface area contributed by atoms with Crippen LogP contribution in [0, 0.1) is 0 Å². The second kappa shape index (κ2) is 6.83. The number of likely N-dealkylation sites (tertiary alicyclic amines) is 1. The van der Waals surface area contributed by atoms with Crippen molar-refractivity contribution in [2.75, 3.05) is 19.6 Å². The molecule has 1 heterocycles. The summed E-state index contributed by atoms with van der Waals surface area (Å²) in [6.07, 6.45) is 2.32. The van der Waals surface area contributed by atoms with Gasteiger partial charge in [-0.1, -0.05) is 0 Å². The van der Waals surface area contributed by atoms with Crippen molar-refractivity contribution in [3.63, 3.8) is 0 Å². The van der Waals surface area contributed by atoms with Gasteiger partial charge in [-0.25, -0.2) is 4.79 Å². The lowest BCUT2D eigenvalue weighted by Gasteiger charge is -2.15. The van der Waals surface area contributed by atoms with E-state index in [9.17, 15) is 14.4 Å². The maximum absolute atomic E-state index is 11.6. The lowest BCUT2D eigenvalue weighted by molar-refractivity contribution is -0.138. The molecular weight excluding hydrogens is 238 g/mol. The number of aliphatic carboxylic acids is 1. The predicted molar refractivity (Wildman–Crippen MR) is 64.1 cm³/mol. The SMILES string of the molecule is C[C@H](NC(=O)NCCC(=O)N1CCCC1)C(=O)O. The molecule has 0 unspecified atom stereocenters. The predicted octanol–water partition coefficient (Wildman–Crippen LogP) is -0.229. The highest BCUT2D eigenvalue weighted by atomic mass is 16.4. The minimum absolute atomic E-state index is 0.0269. The Kier molecular flexibility index (Phi) is 5.41. The quantitative estimate of drug-likeness (QED) is 0.633. The molecule has 7 heteroatoms. The van der Waals surface area contributed by atoms with E-state index < -0.39 is 18.0 Å². The molecule has 3 N–H and O–H groups in total. The van der Waals surface area contributed by atoms with Gasteiger partial charge in [0.25, 0.3) is 0 Å². The van der Waals surface area contributed by atoms with E-state index in [2.05, 4.69) is 10.6 Å². The van der Waals surface area contributed by atoms with Crippen LogP contribution in [-0.4, -0.2) is 53.6 Å². The van der Waals surface area contributed by atoms with Crippen molar-refractivity contribution in [3.05, 3.63) is 0 Å². The van der Waals surface area contributed by atoms with E-state index in [0.29, 0.717) is 0 Å². The molecule has 1 fully saturated rings. The van der Waals surface area contributed by atoms with E-state index in [4.69, 9.17) is 5.11 Å². The molecule has 1 atom stereocenters. The molecule has 0 radical (unpaired) electrons. The molecule has 0 spiro atoms. The van der Waals surface area contributed by atoms with E-state index in [0.717, 1.165) is 25.9 Å². The van der Waals surface area contributed by atoms with Crippen LogP contribution in [-0.2, 0) is 9.59 Å². The Morgan fingerprint density at radius 1 is 1.28 bits per heavy atom. The summed E-state index contributed by atoms with van der Waals surface area (Å²) in [5.41, 5.74) is 0. The van der Waals surface area contributed by atoms with Gasteiger partial charge >= 0.3 is 12.0 Å². The monoisotopic (exact) mass is 257 g/mol. The van der Waals surface area contributed by atoms with Crippen LogP contribution in [0.4, 0.5) is 4.79 Å². The molecule has 7 nitrogen and oxygen atoms in total. The van der Waals surface area contributed by atoms with Gasteiger partial charge in [-0.3, -0.25) is 9.59 Å². The minimum Gasteiger partial charge on any atom is -0.480 e. The van der Waals surface area contributed by atoms with Crippen LogP contribution in [0.25, 0.3) is 0 Å². The number of nitrogens with zero attached hydrogens (tertiary/aromatic N) is 1. The van der Waals surface area contributed by atoms with Gasteiger partial charge in [-0.05, 0) is 19.8 Å². The summed E-state index contributed by atoms with van der Waals surface area (Å²) < 4.78 is 0. The van der Waals surface area contributed by atoms with Crippen LogP contribution < -0.4 is 10.6 Å². The fourth-order valence-electron chi connectivity index (χ4n) is 1.72. The molecule has 1 aliphatic rings. The molecule has 0 aromatic rings. The first kappa shape index (κ1) is 14.3. The van der Waals surface area contributed by atoms with E-state index in [1.807, 2.05) is 0 Å². The molecule has 1 rings (SSSR count). The molecule has 1 saturated heterocycles. The average Bonchev–Trinajstić information content (AvgIpc) is 2.81. The van der Waals surface area contributed by atoms with Crippen LogP contribution in [0.15, 0.2) is 0 Å². The number of carboxylic acids is 1. The van der Waals surface area contributed by atoms with E-state index in [-0.39, 0.29) is 18.9 Å². The first-order valence-electron chi connectivity index (χ1n) is 6.05. The average molecular weight is 257 g/mol. The summed E-state index contributed by atoms with van der Waals surface area (Å²) >= 11 is 0. The second-order valence-corrected chi connectivity index (χ2v) is 4.30. The van der Waals surface area contributed by atoms with Gasteiger partial charge in [0.1, 0.15) is 6.04 Å². The summed E-state index contributed by atoms with van der Waals surface area (Å²) in [6.45, 7) is 3.17. The van der Waals surface area contributed by atoms with E-state index in [1.54, 1.807) is 4.90 Å². The Morgan fingerprint density at radius 2 is 1.89 bits per heavy atom. The maximum Gasteiger partial charge on any atom is 0.325 e. The highest BCUT2D eigenvalue weighted by molar-refractivity contribution is 5.82. The van der Waals surface area contributed by atoms with E-state index >= 15 is 0 Å². The van der Waals surface area contributed by atoms with Crippen molar-refractivity contribution in [2.45, 2.75) is 32.2 Å². The number of urea groups is 1. The lowest BCUT2D eigenvalue weighted by Crippen LogP contribution is -2.45. The number of rotatable bonds is 5. The van der Waals surface area contributed by atoms with Gasteiger partial charge in [0, 0.05) is 26.1 Å². The van der Waals surface area contributed by atoms with Crippen LogP contribution in [0.5, 0.6) is 0 Å². The van der Waals surface area contributed by atoms with Gasteiger partial charge in [-0.15, -0.1) is 0 Å². The molecule has 0 saturated carbocycles. The Morgan fingerprint density at radius 3 is 2.44 bits per heavy atom. The second-order valence-electron chi connectivity index (χ2n) is 4.30. The Labute approximate surface area is 106 Å². The topological polar surface area (TPSA) is 98.7 Å². The standard InChI is InChI=1S/C11H19N3O4/c1-8(10(16)17)13-11(18)12-5-4-9(15)14-6-2-3-7-14/h8H,2-7H2,1H3,(H,16,17)(H2,12,13,18)/t8-/m0/s1. The molecule has 0 aromatic heterocycles. The minimum atomic E-state index is -1.10. The highest BCUT2D eigenvalue weighted by Crippen LogP contribution is 2.08. The molecule has 18 heavy (non-hydrogen) atoms. The van der Waals surface area contributed by atoms with Gasteiger partial charge in [0.2, 0.25) is 5.91 Å². The number of nitrogens with one attached hydrogen (secondary N) is 2. The van der Waals surface area contributed by atoms with Crippen molar-refractivity contribution in [2.24, 2.45) is 0 Å². The van der Waals surface area contributed by atoms with Crippen molar-refractivity contribution < 1.29 is 19.5 Å². The highest BCUT2D eigenvalue weighted by Gasteiger charge is 2.18. The molecule has 102 valence electrons. The zero-order valence-corrected chi connectivity index (χ0v) is 10.4. The zero-order chi connectivity index (χ0) is 13.5. The molecule has 0 aliphatic carbocycles. The number of amides is 3. The third-order valence-corrected chi connectivity index (χ3v) is 2.80. The summed E-state index contributed by atoms with van der Waals surface area (Å²) in [5, 5.41) is 13.3. The van der Waals surface area contributed by atoms with Crippen molar-refractivity contribution >= 4 is 17.9 Å². The third kappa shape index (κ3) is 4.60. The van der Waals surface area contributed by atoms with Gasteiger partial charge in [0.15, 0.2) is 0 Å². The smallest absolute Gasteiger partial charge is 0.325 e. The van der Waals surface area contributed by atoms with Gasteiger partial charge in [0.05, 0.1) is 0 Å². The van der Waals surface area contributed by atoms with E-state index in [1.165, 1.54) is 6.92 Å². The summed E-state index contributed by atoms with van der Waals surface area (Å²) in [5.74, 6) is -1.07. The normalized spacial score (nSPS) is 16.2. The van der Waals surface area contributed by atoms with Crippen molar-refractivity contribution in [1.82, 2.24) is 15.5 Å². The van der Waals surface area contributed by atoms with Crippen LogP contribution in [0.3, 0.4) is 0 Å². The Hall–Kier alpha value is -1.79. The number of hydrogen-bond acceptors (Lipinski definition) is 3. The molecule has 0 bridgehead atoms. The first-order chi connectivity index (χ1) is 8.50. The zero-order valence-electron chi connectivity index (χ0n) is 10.4. The van der Waals surface area contributed by atoms with Crippen molar-refractivity contribution in [3.8, 4) is 0 Å². The summed E-state index contributed by atoms with van der Waals surface area (Å²) in [6, 6.07) is -1.52. The Balaban J connectivity index is 2.15. The first-order valence-corrected chi connectivity index (χ1v) is 6.05. The van der Waals surface area contributed by atoms with Gasteiger partial charge < -0.3 is 20.6 Å². The third-order valence-electron chi connectivity index (χ3n) is 2.80. The molecule has 3 amide bonds. The van der Waals surface area contributed by atoms with Crippen LogP contribution >= 0.6 is 0 Å². The fraction of sp³-hybridized carbons (Fsp3) is 0.727. The number of carbonyl (C=O) groups is 3. The molecular formula is C11H19N3O4. The number of carbonyl (C=O) groups excluding carboxylic acids is 2. The fourth-order valence-corrected chi connectivity index (χ4v) is 1.72. The molecule has 0 aromatic carbocycles.